The Morgan fingerprint density at radius 3 is 1.91 bits per heavy atom. The molecular formula is C42H63BrFN5O6S. The lowest BCUT2D eigenvalue weighted by Crippen LogP contribution is -2.18. The molecule has 14 heteroatoms. The van der Waals surface area contributed by atoms with E-state index in [2.05, 4.69) is 63.7 Å². The quantitative estimate of drug-likeness (QED) is 0.0581. The Bertz CT molecular complexity index is 1930. The van der Waals surface area contributed by atoms with Gasteiger partial charge < -0.3 is 20.5 Å². The van der Waals surface area contributed by atoms with E-state index in [0.717, 1.165) is 68.4 Å². The summed E-state index contributed by atoms with van der Waals surface area (Å²) in [6, 6.07) is 13.7. The maximum absolute atomic E-state index is 12.3. The van der Waals surface area contributed by atoms with Gasteiger partial charge in [-0.15, -0.1) is 0 Å². The molecule has 0 fully saturated rings. The fraction of sp³-hybridized carbons (Fsp3) is 0.524. The summed E-state index contributed by atoms with van der Waals surface area (Å²) >= 11 is 3.38. The highest BCUT2D eigenvalue weighted by Crippen LogP contribution is 2.41. The number of aromatic nitrogens is 1. The molecule has 1 aromatic heterocycles. The number of carbonyl (C=O) groups is 2. The third-order valence-corrected chi connectivity index (χ3v) is 11.8. The van der Waals surface area contributed by atoms with Crippen LogP contribution in [0.5, 0.6) is 0 Å². The Hall–Kier alpha value is -3.56. The summed E-state index contributed by atoms with van der Waals surface area (Å²) in [6.07, 6.45) is 5.60. The zero-order chi connectivity index (χ0) is 41.8. The summed E-state index contributed by atoms with van der Waals surface area (Å²) < 4.78 is 41.2. The number of aryl methyl sites for hydroxylation is 3. The number of alkyl halides is 2. The minimum absolute atomic E-state index is 0. The minimum Gasteiger partial charge on any atom is -0.340 e. The SMILES string of the molecule is C.CCCS(=O)(=O)c1ccccc1[N+](=O)[O-].CCN.CCN(C)CCCBr.CCNCCCn1c2ccc3c(c2c2c4c(ccc21)C(=O)CC4)CCC3=O.[2H]CF. The minimum atomic E-state index is -3.53. The van der Waals surface area contributed by atoms with Crippen LogP contribution >= 0.6 is 15.9 Å². The molecule has 2 aliphatic rings. The van der Waals surface area contributed by atoms with Crippen molar-refractivity contribution in [3.8, 4) is 0 Å². The summed E-state index contributed by atoms with van der Waals surface area (Å²) in [5.74, 6) is 0.435. The highest BCUT2D eigenvalue weighted by Gasteiger charge is 2.29. The number of nitrogens with zero attached hydrogens (tertiary/aromatic N) is 3. The zero-order valence-corrected chi connectivity index (χ0v) is 35.4. The summed E-state index contributed by atoms with van der Waals surface area (Å²) in [7, 11) is -2.39. The summed E-state index contributed by atoms with van der Waals surface area (Å²) in [5.41, 5.74) is 11.1. The molecule has 0 radical (unpaired) electrons. The van der Waals surface area contributed by atoms with E-state index in [1.807, 2.05) is 19.1 Å². The van der Waals surface area contributed by atoms with Crippen molar-refractivity contribution in [3.05, 3.63) is 80.9 Å². The number of ketones is 2. The molecule has 0 saturated heterocycles. The molecule has 4 aromatic rings. The van der Waals surface area contributed by atoms with Crippen LogP contribution in [0, 0.1) is 10.1 Å². The monoisotopic (exact) mass is 864 g/mol. The number of nitro benzene ring substituents is 1. The van der Waals surface area contributed by atoms with Crippen LogP contribution in [-0.4, -0.2) is 92.4 Å². The molecule has 56 heavy (non-hydrogen) atoms. The molecule has 0 spiro atoms. The van der Waals surface area contributed by atoms with Gasteiger partial charge in [0, 0.05) is 63.7 Å². The number of hydrogen-bond acceptors (Lipinski definition) is 9. The van der Waals surface area contributed by atoms with Crippen molar-refractivity contribution < 1.29 is 28.7 Å². The summed E-state index contributed by atoms with van der Waals surface area (Å²) in [4.78, 5) is 36.7. The molecule has 0 unspecified atom stereocenters. The normalized spacial score (nSPS) is 12.8. The maximum Gasteiger partial charge on any atom is 0.287 e. The van der Waals surface area contributed by atoms with Crippen LogP contribution in [0.1, 0.15) is 100 Å². The van der Waals surface area contributed by atoms with Gasteiger partial charge in [-0.1, -0.05) is 63.2 Å². The second-order valence-electron chi connectivity index (χ2n) is 13.1. The van der Waals surface area contributed by atoms with Crippen molar-refractivity contribution in [3.63, 3.8) is 0 Å². The Labute approximate surface area is 343 Å². The average molecular weight is 866 g/mol. The third-order valence-electron chi connectivity index (χ3n) is 9.29. The van der Waals surface area contributed by atoms with Crippen LogP contribution in [0.25, 0.3) is 21.8 Å². The number of Topliss-reactive ketones (excluding diaryl/α,β-unsaturated/α-hetero) is 2. The number of sulfone groups is 1. The van der Waals surface area contributed by atoms with Crippen LogP contribution in [0.4, 0.5) is 10.1 Å². The first kappa shape index (κ1) is 48.6. The van der Waals surface area contributed by atoms with Crippen LogP contribution in [0.3, 0.4) is 0 Å². The summed E-state index contributed by atoms with van der Waals surface area (Å²) in [6.45, 7) is 14.0. The lowest BCUT2D eigenvalue weighted by molar-refractivity contribution is -0.387. The Morgan fingerprint density at radius 2 is 1.46 bits per heavy atom. The van der Waals surface area contributed by atoms with Gasteiger partial charge in [0.1, 0.15) is 4.90 Å². The van der Waals surface area contributed by atoms with E-state index in [9.17, 15) is 32.5 Å². The van der Waals surface area contributed by atoms with E-state index in [-0.39, 0.29) is 35.3 Å². The first-order chi connectivity index (χ1) is 26.8. The molecule has 0 atom stereocenters. The zero-order valence-electron chi connectivity index (χ0n) is 34.0. The van der Waals surface area contributed by atoms with Gasteiger partial charge >= 0.3 is 0 Å². The Morgan fingerprint density at radius 1 is 0.946 bits per heavy atom. The molecule has 3 aromatic carbocycles. The van der Waals surface area contributed by atoms with Crippen LogP contribution < -0.4 is 11.1 Å². The molecular weight excluding hydrogens is 801 g/mol. The second-order valence-corrected chi connectivity index (χ2v) is 15.9. The molecule has 0 aliphatic heterocycles. The molecule has 312 valence electrons. The average Bonchev–Trinajstić information content (AvgIpc) is 3.86. The maximum atomic E-state index is 12.3. The molecule has 3 N–H and O–H groups in total. The topological polar surface area (TPSA) is 158 Å². The number of benzene rings is 3. The van der Waals surface area contributed by atoms with Gasteiger partial charge in [0.2, 0.25) is 0 Å². The molecule has 6 rings (SSSR count). The highest BCUT2D eigenvalue weighted by atomic mass is 79.9. The number of hydrogen-bond donors (Lipinski definition) is 2. The Balaban J connectivity index is 0.000000458. The van der Waals surface area contributed by atoms with E-state index >= 15 is 0 Å². The standard InChI is InChI=1S/C23H24N2O2.C9H11NO4S.C6H14BrN.C2H7N.CH3F.CH4/c1-2-24-12-3-13-25-18-8-4-14-16(6-10-20(14)26)22(18)23-17-7-11-21(27)15(17)5-9-19(23)25;1-2-7-15(13,14)9-6-4-3-5-8(9)10(11)12;1-3-8(2)6-4-5-7;1-2-3;1-2;/h4-5,8-9,24H,2-3,6-7,10-13H2,1H3;3-6H,2,7H2,1H3;3-6H2,1-2H3;2-3H2,1H3;1H3;1H4/i;;;;1D;. The molecule has 11 nitrogen and oxygen atoms in total. The van der Waals surface area contributed by atoms with Gasteiger partial charge in [0.05, 0.1) is 19.2 Å². The fourth-order valence-corrected chi connectivity index (χ4v) is 8.47. The first-order valence-electron chi connectivity index (χ1n) is 19.7. The predicted molar refractivity (Wildman–Crippen MR) is 233 cm³/mol. The van der Waals surface area contributed by atoms with Crippen LogP contribution in [0.15, 0.2) is 53.4 Å². The van der Waals surface area contributed by atoms with Crippen molar-refractivity contribution in [1.82, 2.24) is 14.8 Å². The number of nitrogens with one attached hydrogen (secondary N) is 1. The van der Waals surface area contributed by atoms with Crippen LogP contribution in [-0.2, 0) is 29.2 Å². The van der Waals surface area contributed by atoms with Crippen molar-refractivity contribution in [2.45, 2.75) is 91.5 Å². The molecule has 0 amide bonds. The number of fused-ring (bicyclic) bond motifs is 7. The smallest absolute Gasteiger partial charge is 0.287 e. The lowest BCUT2D eigenvalue weighted by atomic mass is 9.98. The number of halogens is 2. The number of nitro groups is 1. The molecule has 0 saturated carbocycles. The third kappa shape index (κ3) is 13.0. The van der Waals surface area contributed by atoms with E-state index in [0.29, 0.717) is 19.3 Å². The van der Waals surface area contributed by atoms with Gasteiger partial charge in [-0.2, -0.15) is 0 Å². The van der Waals surface area contributed by atoms with Crippen molar-refractivity contribution >= 4 is 64.8 Å². The molecule has 0 bridgehead atoms. The number of para-hydroxylation sites is 1. The van der Waals surface area contributed by atoms with Crippen molar-refractivity contribution in [1.29, 1.82) is 0 Å². The predicted octanol–water partition coefficient (Wildman–Crippen LogP) is 8.74. The first-order valence-corrected chi connectivity index (χ1v) is 21.7. The second kappa shape index (κ2) is 25.6. The van der Waals surface area contributed by atoms with Crippen molar-refractivity contribution in [2.24, 2.45) is 5.73 Å². The molecule has 2 aliphatic carbocycles. The van der Waals surface area contributed by atoms with Crippen molar-refractivity contribution in [2.75, 3.05) is 58.0 Å². The Kier molecular flexibility index (Phi) is 22.2. The number of carbonyl (C=O) groups excluding carboxylic acids is 2. The largest absolute Gasteiger partial charge is 0.340 e. The van der Waals surface area contributed by atoms with Gasteiger partial charge in [-0.25, -0.2) is 8.42 Å². The van der Waals surface area contributed by atoms with E-state index in [4.69, 9.17) is 7.10 Å². The van der Waals surface area contributed by atoms with Gasteiger partial charge in [0.25, 0.3) is 5.69 Å². The number of nitrogens with two attached hydrogens (primary N) is 1. The number of rotatable bonds is 13. The summed E-state index contributed by atoms with van der Waals surface area (Å²) in [5, 5.41) is 17.6. The van der Waals surface area contributed by atoms with E-state index in [1.165, 1.54) is 70.2 Å². The highest BCUT2D eigenvalue weighted by molar-refractivity contribution is 9.09. The van der Waals surface area contributed by atoms with E-state index in [1.54, 1.807) is 6.92 Å². The van der Waals surface area contributed by atoms with E-state index < -0.39 is 21.9 Å². The van der Waals surface area contributed by atoms with Gasteiger partial charge in [-0.05, 0) is 113 Å². The molecule has 1 heterocycles. The van der Waals surface area contributed by atoms with Gasteiger partial charge in [0.15, 0.2) is 21.4 Å². The van der Waals surface area contributed by atoms with Crippen LogP contribution in [0.2, 0.25) is 0 Å². The fourth-order valence-electron chi connectivity index (χ4n) is 6.71. The van der Waals surface area contributed by atoms with Gasteiger partial charge in [-0.3, -0.25) is 24.1 Å². The lowest BCUT2D eigenvalue weighted by Gasteiger charge is -2.11.